The Morgan fingerprint density at radius 1 is 1.31 bits per heavy atom. The molecule has 2 aliphatic carbocycles. The summed E-state index contributed by atoms with van der Waals surface area (Å²) in [5.74, 6) is 1.39. The minimum atomic E-state index is -3.19. The third-order valence-corrected chi connectivity index (χ3v) is 9.43. The molecule has 2 aromatic rings. The van der Waals surface area contributed by atoms with Gasteiger partial charge in [0.2, 0.25) is 10.0 Å². The zero-order valence-corrected chi connectivity index (χ0v) is 17.9. The zero-order valence-electron chi connectivity index (χ0n) is 17.0. The first kappa shape index (κ1) is 19.3. The summed E-state index contributed by atoms with van der Waals surface area (Å²) >= 11 is 0. The number of anilines is 1. The first-order valence-corrected chi connectivity index (χ1v) is 12.0. The molecule has 8 nitrogen and oxygen atoms in total. The average Bonchev–Trinajstić information content (AvgIpc) is 3.13. The standard InChI is InChI=1S/C20H29N5O3S/c1-24(19-16-3-6-21-18(16)22-13-23-19)15-9-14(10-15)12-29(26,27)25-7-4-20(5-8-25)11-17(20)28-2/h3,6,13-15,17H,4-5,7-12H2,1-2H3,(H,21,22,23)/t14?,15?,17-/m0/s1. The fourth-order valence-corrected chi connectivity index (χ4v) is 7.07. The molecule has 1 saturated heterocycles. The summed E-state index contributed by atoms with van der Waals surface area (Å²) in [7, 11) is 0.611. The molecule has 1 spiro atoms. The highest BCUT2D eigenvalue weighted by atomic mass is 32.2. The van der Waals surface area contributed by atoms with Crippen molar-refractivity contribution in [1.29, 1.82) is 0 Å². The zero-order chi connectivity index (χ0) is 20.2. The van der Waals surface area contributed by atoms with Crippen molar-refractivity contribution < 1.29 is 13.2 Å². The summed E-state index contributed by atoms with van der Waals surface area (Å²) < 4.78 is 33.0. The van der Waals surface area contributed by atoms with Crippen LogP contribution in [-0.4, -0.2) is 72.8 Å². The highest BCUT2D eigenvalue weighted by molar-refractivity contribution is 7.89. The molecule has 1 atom stereocenters. The van der Waals surface area contributed by atoms with E-state index in [2.05, 4.69) is 19.9 Å². The Bertz CT molecular complexity index is 992. The van der Waals surface area contributed by atoms with Crippen molar-refractivity contribution in [3.8, 4) is 0 Å². The molecule has 2 saturated carbocycles. The van der Waals surface area contributed by atoms with Crippen LogP contribution < -0.4 is 4.90 Å². The van der Waals surface area contributed by atoms with Crippen molar-refractivity contribution in [3.63, 3.8) is 0 Å². The Balaban J connectivity index is 1.16. The van der Waals surface area contributed by atoms with Crippen LogP contribution in [-0.2, 0) is 14.8 Å². The van der Waals surface area contributed by atoms with Crippen LogP contribution in [0, 0.1) is 11.3 Å². The van der Waals surface area contributed by atoms with Crippen LogP contribution in [0.15, 0.2) is 18.6 Å². The topological polar surface area (TPSA) is 91.4 Å². The number of aromatic nitrogens is 3. The Hall–Kier alpha value is -1.71. The number of fused-ring (bicyclic) bond motifs is 1. The number of methoxy groups -OCH3 is 1. The lowest BCUT2D eigenvalue weighted by Crippen LogP contribution is -2.48. The molecule has 5 rings (SSSR count). The molecule has 0 aromatic carbocycles. The van der Waals surface area contributed by atoms with E-state index in [-0.39, 0.29) is 17.1 Å². The van der Waals surface area contributed by atoms with Gasteiger partial charge in [-0.3, -0.25) is 0 Å². The maximum Gasteiger partial charge on any atom is 0.214 e. The van der Waals surface area contributed by atoms with Crippen molar-refractivity contribution in [2.75, 3.05) is 37.9 Å². The van der Waals surface area contributed by atoms with E-state index in [4.69, 9.17) is 4.74 Å². The SMILES string of the molecule is CO[C@H]1CC12CCN(S(=O)(=O)CC1CC(N(C)c3ncnc4[nH]ccc34)C1)CC2. The van der Waals surface area contributed by atoms with Gasteiger partial charge in [-0.2, -0.15) is 0 Å². The maximum absolute atomic E-state index is 12.9. The van der Waals surface area contributed by atoms with Crippen molar-refractivity contribution >= 4 is 26.9 Å². The maximum atomic E-state index is 12.9. The molecule has 158 valence electrons. The monoisotopic (exact) mass is 419 g/mol. The van der Waals surface area contributed by atoms with Gasteiger partial charge in [0.25, 0.3) is 0 Å². The van der Waals surface area contributed by atoms with Crippen LogP contribution in [0.4, 0.5) is 5.82 Å². The fourth-order valence-electron chi connectivity index (χ4n) is 5.25. The number of piperidine rings is 1. The molecule has 1 N–H and O–H groups in total. The molecular formula is C20H29N5O3S. The molecule has 0 unspecified atom stereocenters. The Kier molecular flexibility index (Phi) is 4.60. The van der Waals surface area contributed by atoms with Gasteiger partial charge in [0.15, 0.2) is 0 Å². The van der Waals surface area contributed by atoms with E-state index >= 15 is 0 Å². The normalized spacial score (nSPS) is 29.1. The number of sulfonamides is 1. The van der Waals surface area contributed by atoms with E-state index < -0.39 is 10.0 Å². The van der Waals surface area contributed by atoms with Crippen molar-refractivity contribution in [2.24, 2.45) is 11.3 Å². The predicted molar refractivity (Wildman–Crippen MR) is 111 cm³/mol. The average molecular weight is 420 g/mol. The van der Waals surface area contributed by atoms with Crippen LogP contribution in [0.5, 0.6) is 0 Å². The van der Waals surface area contributed by atoms with Crippen molar-refractivity contribution in [2.45, 2.75) is 44.2 Å². The molecule has 3 aliphatic rings. The van der Waals surface area contributed by atoms with Crippen LogP contribution in [0.2, 0.25) is 0 Å². The highest BCUT2D eigenvalue weighted by Gasteiger charge is 2.56. The number of hydrogen-bond acceptors (Lipinski definition) is 6. The van der Waals surface area contributed by atoms with Gasteiger partial charge in [0, 0.05) is 44.9 Å². The number of aromatic amines is 1. The Morgan fingerprint density at radius 3 is 2.76 bits per heavy atom. The summed E-state index contributed by atoms with van der Waals surface area (Å²) in [6.07, 6.45) is 8.50. The van der Waals surface area contributed by atoms with E-state index in [1.165, 1.54) is 0 Å². The molecule has 0 amide bonds. The minimum absolute atomic E-state index is 0.222. The second-order valence-corrected chi connectivity index (χ2v) is 11.0. The number of nitrogens with zero attached hydrogens (tertiary/aromatic N) is 4. The molecule has 0 bridgehead atoms. The third-order valence-electron chi connectivity index (χ3n) is 7.38. The van der Waals surface area contributed by atoms with Crippen LogP contribution in [0.3, 0.4) is 0 Å². The second-order valence-electron chi connectivity index (χ2n) is 9.01. The lowest BCUT2D eigenvalue weighted by Gasteiger charge is -2.42. The van der Waals surface area contributed by atoms with Crippen molar-refractivity contribution in [1.82, 2.24) is 19.3 Å². The lowest BCUT2D eigenvalue weighted by molar-refractivity contribution is 0.117. The van der Waals surface area contributed by atoms with Gasteiger partial charge in [-0.25, -0.2) is 22.7 Å². The molecule has 1 aliphatic heterocycles. The smallest absolute Gasteiger partial charge is 0.214 e. The Labute approximate surface area is 171 Å². The van der Waals surface area contributed by atoms with Gasteiger partial charge in [0.05, 0.1) is 17.2 Å². The summed E-state index contributed by atoms with van der Waals surface area (Å²) in [6.45, 7) is 1.29. The van der Waals surface area contributed by atoms with E-state index in [1.54, 1.807) is 17.7 Å². The number of H-pyrrole nitrogens is 1. The Morgan fingerprint density at radius 2 is 2.07 bits per heavy atom. The first-order valence-electron chi connectivity index (χ1n) is 10.4. The molecule has 3 heterocycles. The van der Waals surface area contributed by atoms with Gasteiger partial charge in [-0.05, 0) is 44.1 Å². The fraction of sp³-hybridized carbons (Fsp3) is 0.700. The molecule has 2 aromatic heterocycles. The first-order chi connectivity index (χ1) is 13.9. The van der Waals surface area contributed by atoms with Gasteiger partial charge >= 0.3 is 0 Å². The highest BCUT2D eigenvalue weighted by Crippen LogP contribution is 2.55. The third kappa shape index (κ3) is 3.33. The summed E-state index contributed by atoms with van der Waals surface area (Å²) in [5.41, 5.74) is 1.08. The van der Waals surface area contributed by atoms with Gasteiger partial charge < -0.3 is 14.6 Å². The number of nitrogens with one attached hydrogen (secondary N) is 1. The van der Waals surface area contributed by atoms with E-state index in [1.807, 2.05) is 19.3 Å². The number of rotatable bonds is 6. The van der Waals surface area contributed by atoms with Crippen LogP contribution >= 0.6 is 0 Å². The molecule has 0 radical (unpaired) electrons. The number of hydrogen-bond donors (Lipinski definition) is 1. The summed E-state index contributed by atoms with van der Waals surface area (Å²) in [6, 6.07) is 2.31. The van der Waals surface area contributed by atoms with Gasteiger partial charge in [0.1, 0.15) is 17.8 Å². The number of ether oxygens (including phenoxy) is 1. The largest absolute Gasteiger partial charge is 0.381 e. The molecule has 9 heteroatoms. The van der Waals surface area contributed by atoms with Crippen LogP contribution in [0.1, 0.15) is 32.1 Å². The van der Waals surface area contributed by atoms with Gasteiger partial charge in [-0.15, -0.1) is 0 Å². The molecule has 29 heavy (non-hydrogen) atoms. The van der Waals surface area contributed by atoms with Crippen LogP contribution in [0.25, 0.3) is 11.0 Å². The van der Waals surface area contributed by atoms with Crippen molar-refractivity contribution in [3.05, 3.63) is 18.6 Å². The molecular weight excluding hydrogens is 390 g/mol. The van der Waals surface area contributed by atoms with E-state index in [9.17, 15) is 8.42 Å². The molecule has 3 fully saturated rings. The summed E-state index contributed by atoms with van der Waals surface area (Å²) in [5, 5.41) is 1.00. The quantitative estimate of drug-likeness (QED) is 0.770. The van der Waals surface area contributed by atoms with E-state index in [0.29, 0.717) is 25.2 Å². The second kappa shape index (κ2) is 6.92. The minimum Gasteiger partial charge on any atom is -0.381 e. The van der Waals surface area contributed by atoms with E-state index in [0.717, 1.165) is 49.0 Å². The predicted octanol–water partition coefficient (Wildman–Crippen LogP) is 2.00. The van der Waals surface area contributed by atoms with Gasteiger partial charge in [-0.1, -0.05) is 0 Å². The lowest BCUT2D eigenvalue weighted by atomic mass is 9.81. The summed E-state index contributed by atoms with van der Waals surface area (Å²) in [4.78, 5) is 14.0.